The Balaban J connectivity index is 1.78. The summed E-state index contributed by atoms with van der Waals surface area (Å²) in [6.07, 6.45) is 1.43. The monoisotopic (exact) mass is 330 g/mol. The van der Waals surface area contributed by atoms with Gasteiger partial charge in [0.2, 0.25) is 0 Å². The summed E-state index contributed by atoms with van der Waals surface area (Å²) in [6.45, 7) is 7.14. The highest BCUT2D eigenvalue weighted by Crippen LogP contribution is 2.21. The summed E-state index contributed by atoms with van der Waals surface area (Å²) in [5.41, 5.74) is 1.58. The van der Waals surface area contributed by atoms with Gasteiger partial charge in [-0.15, -0.1) is 0 Å². The van der Waals surface area contributed by atoms with Crippen LogP contribution >= 0.6 is 0 Å². The molecule has 0 bridgehead atoms. The zero-order valence-electron chi connectivity index (χ0n) is 14.1. The molecule has 2 N–H and O–H groups in total. The Morgan fingerprint density at radius 3 is 2.79 bits per heavy atom. The fourth-order valence-electron chi connectivity index (χ4n) is 2.76. The summed E-state index contributed by atoms with van der Waals surface area (Å²) in [5, 5.41) is 0. The number of nitrogens with one attached hydrogen (secondary N) is 2. The molecule has 0 saturated carbocycles. The highest BCUT2D eigenvalue weighted by molar-refractivity contribution is 5.93. The van der Waals surface area contributed by atoms with Gasteiger partial charge in [0.25, 0.3) is 11.5 Å². The molecule has 7 heteroatoms. The van der Waals surface area contributed by atoms with Crippen molar-refractivity contribution in [2.24, 2.45) is 0 Å². The number of amides is 1. The average molecular weight is 330 g/mol. The van der Waals surface area contributed by atoms with Gasteiger partial charge in [-0.3, -0.25) is 9.59 Å². The number of aromatic amines is 2. The Kier molecular flexibility index (Phi) is 4.53. The lowest BCUT2D eigenvalue weighted by atomic mass is 10.1. The van der Waals surface area contributed by atoms with Gasteiger partial charge >= 0.3 is 0 Å². The molecule has 3 heterocycles. The van der Waals surface area contributed by atoms with Crippen molar-refractivity contribution in [2.75, 3.05) is 19.7 Å². The molecule has 1 atom stereocenters. The van der Waals surface area contributed by atoms with E-state index in [0.29, 0.717) is 25.5 Å². The normalized spacial score (nSPS) is 18.2. The van der Waals surface area contributed by atoms with Crippen LogP contribution in [0.1, 0.15) is 53.4 Å². The Labute approximate surface area is 140 Å². The van der Waals surface area contributed by atoms with Gasteiger partial charge in [-0.05, 0) is 25.0 Å². The van der Waals surface area contributed by atoms with E-state index in [1.807, 2.05) is 20.8 Å². The molecule has 0 aromatic carbocycles. The van der Waals surface area contributed by atoms with E-state index in [-0.39, 0.29) is 29.1 Å². The van der Waals surface area contributed by atoms with E-state index < -0.39 is 0 Å². The van der Waals surface area contributed by atoms with E-state index in [4.69, 9.17) is 4.74 Å². The first-order valence-corrected chi connectivity index (χ1v) is 8.11. The molecule has 0 radical (unpaired) electrons. The van der Waals surface area contributed by atoms with Crippen LogP contribution in [0.15, 0.2) is 23.1 Å². The zero-order valence-corrected chi connectivity index (χ0v) is 14.1. The average Bonchev–Trinajstić information content (AvgIpc) is 3.01. The molecule has 1 amide bonds. The first-order valence-electron chi connectivity index (χ1n) is 8.11. The van der Waals surface area contributed by atoms with Gasteiger partial charge in [-0.25, -0.2) is 4.98 Å². The summed E-state index contributed by atoms with van der Waals surface area (Å²) in [5.74, 6) is 0.633. The second-order valence-corrected chi connectivity index (χ2v) is 6.37. The number of morpholine rings is 1. The lowest BCUT2D eigenvalue weighted by Crippen LogP contribution is -2.44. The summed E-state index contributed by atoms with van der Waals surface area (Å²) in [6, 6.07) is 3.41. The Morgan fingerprint density at radius 1 is 1.38 bits per heavy atom. The molecule has 128 valence electrons. The van der Waals surface area contributed by atoms with Crippen molar-refractivity contribution >= 4 is 5.91 Å². The molecule has 1 aliphatic rings. The highest BCUT2D eigenvalue weighted by Gasteiger charge is 2.28. The quantitative estimate of drug-likeness (QED) is 0.897. The number of pyridine rings is 1. The number of aryl methyl sites for hydroxylation is 1. The van der Waals surface area contributed by atoms with Crippen LogP contribution in [-0.2, 0) is 4.74 Å². The third kappa shape index (κ3) is 3.26. The topological polar surface area (TPSA) is 91.1 Å². The Bertz CT molecular complexity index is 793. The minimum absolute atomic E-state index is 0.163. The molecule has 0 unspecified atom stereocenters. The minimum Gasteiger partial charge on any atom is -0.367 e. The number of hydrogen-bond donors (Lipinski definition) is 2. The summed E-state index contributed by atoms with van der Waals surface area (Å²) < 4.78 is 5.70. The van der Waals surface area contributed by atoms with E-state index >= 15 is 0 Å². The van der Waals surface area contributed by atoms with Gasteiger partial charge in [-0.2, -0.15) is 0 Å². The van der Waals surface area contributed by atoms with Crippen molar-refractivity contribution in [3.8, 4) is 0 Å². The smallest absolute Gasteiger partial charge is 0.261 e. The van der Waals surface area contributed by atoms with Crippen LogP contribution in [-0.4, -0.2) is 45.5 Å². The first kappa shape index (κ1) is 16.4. The lowest BCUT2D eigenvalue weighted by molar-refractivity contribution is -0.0265. The molecular weight excluding hydrogens is 308 g/mol. The molecule has 1 fully saturated rings. The van der Waals surface area contributed by atoms with E-state index in [1.165, 1.54) is 0 Å². The van der Waals surface area contributed by atoms with Crippen LogP contribution in [0.2, 0.25) is 0 Å². The van der Waals surface area contributed by atoms with E-state index in [0.717, 1.165) is 11.4 Å². The summed E-state index contributed by atoms with van der Waals surface area (Å²) >= 11 is 0. The van der Waals surface area contributed by atoms with Crippen molar-refractivity contribution in [1.29, 1.82) is 0 Å². The van der Waals surface area contributed by atoms with E-state index in [9.17, 15) is 9.59 Å². The minimum atomic E-state index is -0.344. The second-order valence-electron chi connectivity index (χ2n) is 6.37. The number of aromatic nitrogens is 3. The SMILES string of the molecule is Cc1cnc([C@H]2CN(C(=O)c3ccc(C(C)C)[nH]c3=O)CCO2)[nH]1. The van der Waals surface area contributed by atoms with Crippen LogP contribution in [0.25, 0.3) is 0 Å². The number of nitrogens with zero attached hydrogens (tertiary/aromatic N) is 2. The second kappa shape index (κ2) is 6.60. The number of ether oxygens (including phenoxy) is 1. The predicted molar refractivity (Wildman–Crippen MR) is 89.1 cm³/mol. The molecule has 2 aromatic heterocycles. The standard InChI is InChI=1S/C17H22N4O3/c1-10(2)13-5-4-12(16(22)20-13)17(23)21-6-7-24-14(9-21)15-18-8-11(3)19-15/h4-5,8,10,14H,6-7,9H2,1-3H3,(H,18,19)(H,20,22)/t14-/m1/s1. The van der Waals surface area contributed by atoms with Crippen LogP contribution in [0.3, 0.4) is 0 Å². The summed E-state index contributed by atoms with van der Waals surface area (Å²) in [4.78, 5) is 36.8. The van der Waals surface area contributed by atoms with Gasteiger partial charge in [0.15, 0.2) is 0 Å². The predicted octanol–water partition coefficient (Wildman–Crippen LogP) is 1.74. The molecule has 1 aliphatic heterocycles. The number of hydrogen-bond acceptors (Lipinski definition) is 4. The van der Waals surface area contributed by atoms with Crippen LogP contribution in [0.4, 0.5) is 0 Å². The lowest BCUT2D eigenvalue weighted by Gasteiger charge is -2.32. The van der Waals surface area contributed by atoms with Crippen molar-refractivity contribution in [3.05, 3.63) is 51.5 Å². The molecule has 0 aliphatic carbocycles. The van der Waals surface area contributed by atoms with E-state index in [2.05, 4.69) is 15.0 Å². The number of imidazole rings is 1. The molecule has 2 aromatic rings. The molecule has 0 spiro atoms. The van der Waals surface area contributed by atoms with Gasteiger partial charge in [-0.1, -0.05) is 13.8 Å². The number of carbonyl (C=O) groups excluding carboxylic acids is 1. The Morgan fingerprint density at radius 2 is 2.17 bits per heavy atom. The first-order chi connectivity index (χ1) is 11.5. The highest BCUT2D eigenvalue weighted by atomic mass is 16.5. The van der Waals surface area contributed by atoms with Crippen molar-refractivity contribution in [2.45, 2.75) is 32.8 Å². The van der Waals surface area contributed by atoms with Crippen molar-refractivity contribution < 1.29 is 9.53 Å². The van der Waals surface area contributed by atoms with Gasteiger partial charge < -0.3 is 19.6 Å². The van der Waals surface area contributed by atoms with Gasteiger partial charge in [0, 0.05) is 24.1 Å². The maximum atomic E-state index is 12.7. The number of H-pyrrole nitrogens is 2. The van der Waals surface area contributed by atoms with Crippen LogP contribution in [0.5, 0.6) is 0 Å². The third-order valence-corrected chi connectivity index (χ3v) is 4.17. The third-order valence-electron chi connectivity index (χ3n) is 4.17. The number of carbonyl (C=O) groups is 1. The molecule has 24 heavy (non-hydrogen) atoms. The maximum Gasteiger partial charge on any atom is 0.261 e. The zero-order chi connectivity index (χ0) is 17.3. The van der Waals surface area contributed by atoms with Crippen LogP contribution < -0.4 is 5.56 Å². The molecular formula is C17H22N4O3. The summed E-state index contributed by atoms with van der Waals surface area (Å²) in [7, 11) is 0. The van der Waals surface area contributed by atoms with E-state index in [1.54, 1.807) is 23.2 Å². The Hall–Kier alpha value is -2.41. The molecule has 7 nitrogen and oxygen atoms in total. The fraction of sp³-hybridized carbons (Fsp3) is 0.471. The molecule has 1 saturated heterocycles. The molecule has 3 rings (SSSR count). The van der Waals surface area contributed by atoms with Crippen molar-refractivity contribution in [3.63, 3.8) is 0 Å². The largest absolute Gasteiger partial charge is 0.367 e. The van der Waals surface area contributed by atoms with Gasteiger partial charge in [0.05, 0.1) is 13.2 Å². The van der Waals surface area contributed by atoms with Crippen LogP contribution in [0, 0.1) is 6.92 Å². The maximum absolute atomic E-state index is 12.7. The van der Waals surface area contributed by atoms with Gasteiger partial charge in [0.1, 0.15) is 17.5 Å². The fourth-order valence-corrected chi connectivity index (χ4v) is 2.76. The number of rotatable bonds is 3. The van der Waals surface area contributed by atoms with Crippen molar-refractivity contribution in [1.82, 2.24) is 19.9 Å².